The molecule has 8 heteroatoms. The molecule has 0 aliphatic carbocycles. The Bertz CT molecular complexity index is 580. The van der Waals surface area contributed by atoms with E-state index < -0.39 is 10.0 Å². The summed E-state index contributed by atoms with van der Waals surface area (Å²) in [5, 5.41) is 3.97. The van der Waals surface area contributed by atoms with Gasteiger partial charge in [0.25, 0.3) is 0 Å². The van der Waals surface area contributed by atoms with E-state index >= 15 is 0 Å². The lowest BCUT2D eigenvalue weighted by molar-refractivity contribution is 0.606. The second kappa shape index (κ2) is 4.84. The Morgan fingerprint density at radius 1 is 1.29 bits per heavy atom. The van der Waals surface area contributed by atoms with Crippen molar-refractivity contribution in [3.63, 3.8) is 0 Å². The van der Waals surface area contributed by atoms with Gasteiger partial charge in [0.1, 0.15) is 17.3 Å². The zero-order valence-electron chi connectivity index (χ0n) is 8.62. The van der Waals surface area contributed by atoms with Gasteiger partial charge in [0.2, 0.25) is 10.0 Å². The summed E-state index contributed by atoms with van der Waals surface area (Å²) in [5.41, 5.74) is 1.32. The first-order valence-electron chi connectivity index (χ1n) is 4.62. The van der Waals surface area contributed by atoms with E-state index in [0.717, 1.165) is 5.69 Å². The van der Waals surface area contributed by atoms with Crippen LogP contribution in [0.3, 0.4) is 0 Å². The van der Waals surface area contributed by atoms with Gasteiger partial charge in [0.15, 0.2) is 0 Å². The zero-order chi connectivity index (χ0) is 12.3. The smallest absolute Gasteiger partial charge is 0.242 e. The largest absolute Gasteiger partial charge is 0.283 e. The molecule has 0 radical (unpaired) electrons. The summed E-state index contributed by atoms with van der Waals surface area (Å²) in [6.07, 6.45) is 3.00. The molecule has 90 valence electrons. The quantitative estimate of drug-likeness (QED) is 0.864. The Labute approximate surface area is 107 Å². The molecular formula is C9H9BrN4O2S. The number of aromatic nitrogens is 3. The summed E-state index contributed by atoms with van der Waals surface area (Å²) >= 11 is 2.90. The number of rotatable bonds is 4. The van der Waals surface area contributed by atoms with Crippen molar-refractivity contribution < 1.29 is 8.42 Å². The average Bonchev–Trinajstić information content (AvgIpc) is 2.83. The molecule has 0 spiro atoms. The van der Waals surface area contributed by atoms with Crippen molar-refractivity contribution in [2.75, 3.05) is 9.38 Å². The van der Waals surface area contributed by atoms with Crippen LogP contribution < -0.4 is 4.72 Å². The van der Waals surface area contributed by atoms with Gasteiger partial charge in [0, 0.05) is 5.69 Å². The van der Waals surface area contributed by atoms with Crippen LogP contribution in [0.1, 0.15) is 0 Å². The van der Waals surface area contributed by atoms with Crippen LogP contribution in [0, 0.1) is 0 Å². The molecule has 1 heterocycles. The Morgan fingerprint density at radius 2 is 2.00 bits per heavy atom. The van der Waals surface area contributed by atoms with E-state index in [4.69, 9.17) is 0 Å². The molecule has 6 nitrogen and oxygen atoms in total. The Kier molecular flexibility index (Phi) is 3.43. The van der Waals surface area contributed by atoms with Gasteiger partial charge in [-0.1, -0.05) is 15.9 Å². The molecule has 0 atom stereocenters. The van der Waals surface area contributed by atoms with Crippen LogP contribution in [0.5, 0.6) is 0 Å². The SMILES string of the molecule is O=S(=O)(CBr)Nc1ccc(-n2cncn2)cc1. The summed E-state index contributed by atoms with van der Waals surface area (Å²) in [4.78, 5) is 3.83. The minimum atomic E-state index is -3.31. The molecule has 2 rings (SSSR count). The van der Waals surface area contributed by atoms with Crippen molar-refractivity contribution in [3.05, 3.63) is 36.9 Å². The predicted molar refractivity (Wildman–Crippen MR) is 67.7 cm³/mol. The minimum absolute atomic E-state index is 0.134. The monoisotopic (exact) mass is 316 g/mol. The highest BCUT2D eigenvalue weighted by Gasteiger charge is 2.07. The molecule has 0 aliphatic rings. The predicted octanol–water partition coefficient (Wildman–Crippen LogP) is 1.36. The number of nitrogens with one attached hydrogen (secondary N) is 1. The standard InChI is InChI=1S/C9H9BrN4O2S/c10-5-17(15,16)13-8-1-3-9(4-2-8)14-7-11-6-12-14/h1-4,6-7,13H,5H2. The van der Waals surface area contributed by atoms with Crippen molar-refractivity contribution in [2.45, 2.75) is 0 Å². The van der Waals surface area contributed by atoms with Gasteiger partial charge >= 0.3 is 0 Å². The molecule has 1 aromatic carbocycles. The molecule has 0 unspecified atom stereocenters. The van der Waals surface area contributed by atoms with E-state index in [1.807, 2.05) is 0 Å². The number of hydrogen-bond donors (Lipinski definition) is 1. The van der Waals surface area contributed by atoms with E-state index in [2.05, 4.69) is 30.7 Å². The van der Waals surface area contributed by atoms with Gasteiger partial charge in [0.05, 0.1) is 5.69 Å². The number of anilines is 1. The summed E-state index contributed by atoms with van der Waals surface area (Å²) in [6, 6.07) is 6.83. The van der Waals surface area contributed by atoms with Crippen LogP contribution in [0.25, 0.3) is 5.69 Å². The van der Waals surface area contributed by atoms with Gasteiger partial charge in [-0.15, -0.1) is 0 Å². The molecule has 0 bridgehead atoms. The fraction of sp³-hybridized carbons (Fsp3) is 0.111. The molecule has 2 aromatic rings. The number of halogens is 1. The first-order chi connectivity index (χ1) is 8.11. The van der Waals surface area contributed by atoms with E-state index in [0.29, 0.717) is 5.69 Å². The molecule has 0 aliphatic heterocycles. The first kappa shape index (κ1) is 12.1. The average molecular weight is 317 g/mol. The zero-order valence-corrected chi connectivity index (χ0v) is 11.0. The second-order valence-electron chi connectivity index (χ2n) is 3.21. The third-order valence-corrected chi connectivity index (χ3v) is 4.61. The normalized spacial score (nSPS) is 11.4. The topological polar surface area (TPSA) is 76.9 Å². The molecule has 0 amide bonds. The third-order valence-electron chi connectivity index (χ3n) is 1.97. The number of benzene rings is 1. The van der Waals surface area contributed by atoms with Gasteiger partial charge in [-0.25, -0.2) is 18.1 Å². The Hall–Kier alpha value is -1.41. The van der Waals surface area contributed by atoms with Crippen LogP contribution in [0.4, 0.5) is 5.69 Å². The molecule has 0 saturated heterocycles. The van der Waals surface area contributed by atoms with Crippen LogP contribution in [0.15, 0.2) is 36.9 Å². The van der Waals surface area contributed by atoms with Crippen LogP contribution in [-0.2, 0) is 10.0 Å². The van der Waals surface area contributed by atoms with Crippen molar-refractivity contribution in [1.82, 2.24) is 14.8 Å². The summed E-state index contributed by atoms with van der Waals surface area (Å²) in [6.45, 7) is 0. The molecule has 17 heavy (non-hydrogen) atoms. The Morgan fingerprint density at radius 3 is 2.53 bits per heavy atom. The molecule has 1 aromatic heterocycles. The first-order valence-corrected chi connectivity index (χ1v) is 7.39. The molecule has 0 saturated carbocycles. The highest BCUT2D eigenvalue weighted by Crippen LogP contribution is 2.14. The van der Waals surface area contributed by atoms with Gasteiger partial charge in [-0.3, -0.25) is 4.72 Å². The number of alkyl halides is 1. The van der Waals surface area contributed by atoms with Crippen molar-refractivity contribution in [1.29, 1.82) is 0 Å². The maximum atomic E-state index is 11.3. The lowest BCUT2D eigenvalue weighted by atomic mass is 10.3. The Balaban J connectivity index is 2.19. The highest BCUT2D eigenvalue weighted by molar-refractivity contribution is 9.10. The van der Waals surface area contributed by atoms with Crippen molar-refractivity contribution in [3.8, 4) is 5.69 Å². The maximum Gasteiger partial charge on any atom is 0.242 e. The van der Waals surface area contributed by atoms with Crippen molar-refractivity contribution >= 4 is 31.6 Å². The minimum Gasteiger partial charge on any atom is -0.283 e. The van der Waals surface area contributed by atoms with E-state index in [1.165, 1.54) is 6.33 Å². The van der Waals surface area contributed by atoms with Gasteiger partial charge < -0.3 is 0 Å². The summed E-state index contributed by atoms with van der Waals surface area (Å²) in [5.74, 6) is 0. The fourth-order valence-corrected chi connectivity index (χ4v) is 2.12. The molecule has 0 fully saturated rings. The number of nitrogens with zero attached hydrogens (tertiary/aromatic N) is 3. The highest BCUT2D eigenvalue weighted by atomic mass is 79.9. The molecule has 1 N–H and O–H groups in total. The number of hydrogen-bond acceptors (Lipinski definition) is 4. The van der Waals surface area contributed by atoms with Crippen LogP contribution in [-0.4, -0.2) is 27.8 Å². The van der Waals surface area contributed by atoms with Gasteiger partial charge in [-0.2, -0.15) is 5.10 Å². The van der Waals surface area contributed by atoms with E-state index in [-0.39, 0.29) is 4.66 Å². The summed E-state index contributed by atoms with van der Waals surface area (Å²) in [7, 11) is -3.31. The summed E-state index contributed by atoms with van der Waals surface area (Å²) < 4.78 is 26.5. The van der Waals surface area contributed by atoms with Gasteiger partial charge in [-0.05, 0) is 24.3 Å². The van der Waals surface area contributed by atoms with Crippen LogP contribution >= 0.6 is 15.9 Å². The number of sulfonamides is 1. The second-order valence-corrected chi connectivity index (χ2v) is 6.24. The third kappa shape index (κ3) is 3.04. The van der Waals surface area contributed by atoms with Crippen molar-refractivity contribution in [2.24, 2.45) is 0 Å². The van der Waals surface area contributed by atoms with E-state index in [9.17, 15) is 8.42 Å². The lowest BCUT2D eigenvalue weighted by Crippen LogP contribution is -2.13. The van der Waals surface area contributed by atoms with Crippen LogP contribution in [0.2, 0.25) is 0 Å². The van der Waals surface area contributed by atoms with E-state index in [1.54, 1.807) is 35.3 Å². The molecular weight excluding hydrogens is 308 g/mol. The maximum absolute atomic E-state index is 11.3. The lowest BCUT2D eigenvalue weighted by Gasteiger charge is -2.06. The fourth-order valence-electron chi connectivity index (χ4n) is 1.23.